The lowest BCUT2D eigenvalue weighted by Gasteiger charge is -2.40. The molecule has 1 atom stereocenters. The molecule has 0 saturated carbocycles. The number of carbonyl (C=O) groups excluding carboxylic acids is 2. The Hall–Kier alpha value is -3.45. The van der Waals surface area contributed by atoms with Crippen molar-refractivity contribution in [1.82, 2.24) is 10.2 Å². The van der Waals surface area contributed by atoms with E-state index in [9.17, 15) is 27.7 Å². The predicted molar refractivity (Wildman–Crippen MR) is 139 cm³/mol. The minimum atomic E-state index is -3.33. The number of nitrogens with one attached hydrogen (secondary N) is 2. The van der Waals surface area contributed by atoms with Crippen LogP contribution in [0.25, 0.3) is 0 Å². The van der Waals surface area contributed by atoms with Crippen molar-refractivity contribution in [2.24, 2.45) is 5.92 Å². The summed E-state index contributed by atoms with van der Waals surface area (Å²) in [5.41, 5.74) is 0.411. The topological polar surface area (TPSA) is 119 Å². The van der Waals surface area contributed by atoms with Gasteiger partial charge in [-0.3, -0.25) is 9.59 Å². The average Bonchev–Trinajstić information content (AvgIpc) is 2.87. The van der Waals surface area contributed by atoms with Crippen molar-refractivity contribution >= 4 is 27.3 Å². The number of hydrogen-bond acceptors (Lipinski definition) is 6. The van der Waals surface area contributed by atoms with Crippen LogP contribution in [0, 0.1) is 23.1 Å². The summed E-state index contributed by atoms with van der Waals surface area (Å²) in [7, 11) is -3.33. The molecule has 0 bridgehead atoms. The zero-order chi connectivity index (χ0) is 27.4. The molecule has 1 heterocycles. The van der Waals surface area contributed by atoms with E-state index in [4.69, 9.17) is 0 Å². The quantitative estimate of drug-likeness (QED) is 0.541. The molecule has 1 fully saturated rings. The molecule has 10 heteroatoms. The summed E-state index contributed by atoms with van der Waals surface area (Å²) in [6.45, 7) is 6.12. The number of rotatable bonds is 8. The second kappa shape index (κ2) is 11.3. The summed E-state index contributed by atoms with van der Waals surface area (Å²) in [4.78, 5) is 28.0. The lowest BCUT2D eigenvalue weighted by atomic mass is 9.88. The first-order valence-electron chi connectivity index (χ1n) is 12.3. The summed E-state index contributed by atoms with van der Waals surface area (Å²) in [5.74, 6) is -1.79. The summed E-state index contributed by atoms with van der Waals surface area (Å²) >= 11 is 0. The number of halogens is 1. The van der Waals surface area contributed by atoms with Crippen molar-refractivity contribution in [1.29, 1.82) is 5.26 Å². The number of likely N-dealkylation sites (tertiary alicyclic amines) is 1. The maximum Gasteiger partial charge on any atom is 0.254 e. The lowest BCUT2D eigenvalue weighted by molar-refractivity contribution is -0.135. The van der Waals surface area contributed by atoms with Crippen LogP contribution >= 0.6 is 0 Å². The van der Waals surface area contributed by atoms with Gasteiger partial charge in [0.05, 0.1) is 16.5 Å². The van der Waals surface area contributed by atoms with E-state index in [-0.39, 0.29) is 22.3 Å². The smallest absolute Gasteiger partial charge is 0.254 e. The van der Waals surface area contributed by atoms with E-state index in [0.29, 0.717) is 38.0 Å². The lowest BCUT2D eigenvalue weighted by Crippen LogP contribution is -2.56. The molecule has 8 nitrogen and oxygen atoms in total. The van der Waals surface area contributed by atoms with Gasteiger partial charge in [-0.15, -0.1) is 0 Å². The fourth-order valence-corrected chi connectivity index (χ4v) is 4.96. The van der Waals surface area contributed by atoms with E-state index in [0.717, 1.165) is 11.8 Å². The SMILES string of the molecule is CCc1ccc(F)c(C(=O)NC(C(=O)N2CCC(C#N)(Nc3ccc(S(C)(=O)=O)cc3)CC2)C(C)C)c1. The first-order valence-corrected chi connectivity index (χ1v) is 14.2. The number of piperidine rings is 1. The highest BCUT2D eigenvalue weighted by Gasteiger charge is 2.38. The molecule has 1 saturated heterocycles. The predicted octanol–water partition coefficient (Wildman–Crippen LogP) is 3.54. The van der Waals surface area contributed by atoms with Crippen LogP contribution in [0.15, 0.2) is 47.4 Å². The molecule has 1 aliphatic rings. The molecule has 3 rings (SSSR count). The minimum Gasteiger partial charge on any atom is -0.367 e. The van der Waals surface area contributed by atoms with Gasteiger partial charge in [0.25, 0.3) is 5.91 Å². The highest BCUT2D eigenvalue weighted by molar-refractivity contribution is 7.90. The van der Waals surface area contributed by atoms with E-state index in [1.807, 2.05) is 20.8 Å². The van der Waals surface area contributed by atoms with Gasteiger partial charge >= 0.3 is 0 Å². The highest BCUT2D eigenvalue weighted by atomic mass is 32.2. The summed E-state index contributed by atoms with van der Waals surface area (Å²) in [5, 5.41) is 15.8. The van der Waals surface area contributed by atoms with Crippen LogP contribution in [0.4, 0.5) is 10.1 Å². The second-order valence-electron chi connectivity index (χ2n) is 9.80. The van der Waals surface area contributed by atoms with Crippen LogP contribution in [0.1, 0.15) is 49.5 Å². The molecule has 0 radical (unpaired) electrons. The number of anilines is 1. The fraction of sp³-hybridized carbons (Fsp3) is 0.444. The van der Waals surface area contributed by atoms with E-state index >= 15 is 0 Å². The highest BCUT2D eigenvalue weighted by Crippen LogP contribution is 2.28. The molecule has 2 aromatic rings. The molecule has 37 heavy (non-hydrogen) atoms. The standard InChI is InChI=1S/C27H33FN4O4S/c1-5-19-6-11-23(28)22(16-19)25(33)30-24(18(2)3)26(34)32-14-12-27(17-29,13-15-32)31-20-7-9-21(10-8-20)37(4,35)36/h6-11,16,18,24,31H,5,12-15H2,1-4H3,(H,30,33). The van der Waals surface area contributed by atoms with Crippen molar-refractivity contribution < 1.29 is 22.4 Å². The van der Waals surface area contributed by atoms with Crippen LogP contribution in [-0.2, 0) is 21.1 Å². The van der Waals surface area contributed by atoms with E-state index in [1.165, 1.54) is 24.3 Å². The van der Waals surface area contributed by atoms with Gasteiger partial charge in [0.15, 0.2) is 9.84 Å². The normalized spacial score (nSPS) is 16.1. The van der Waals surface area contributed by atoms with Gasteiger partial charge in [-0.1, -0.05) is 26.8 Å². The largest absolute Gasteiger partial charge is 0.367 e. The Morgan fingerprint density at radius 1 is 1.14 bits per heavy atom. The van der Waals surface area contributed by atoms with Gasteiger partial charge in [-0.25, -0.2) is 12.8 Å². The van der Waals surface area contributed by atoms with Gasteiger partial charge in [0, 0.05) is 37.9 Å². The monoisotopic (exact) mass is 528 g/mol. The summed E-state index contributed by atoms with van der Waals surface area (Å²) in [6, 6.07) is 12.1. The van der Waals surface area contributed by atoms with Crippen molar-refractivity contribution in [2.45, 2.75) is 56.5 Å². The molecule has 198 valence electrons. The Kier molecular flexibility index (Phi) is 8.59. The van der Waals surface area contributed by atoms with Crippen LogP contribution in [0.2, 0.25) is 0 Å². The Bertz CT molecular complexity index is 1290. The third-order valence-corrected chi connectivity index (χ3v) is 7.84. The first kappa shape index (κ1) is 28.1. The number of benzene rings is 2. The van der Waals surface area contributed by atoms with Crippen molar-refractivity contribution in [3.05, 3.63) is 59.4 Å². The number of nitrogens with zero attached hydrogens (tertiary/aromatic N) is 2. The van der Waals surface area contributed by atoms with Gasteiger partial charge in [-0.2, -0.15) is 5.26 Å². The molecule has 2 aromatic carbocycles. The van der Waals surface area contributed by atoms with Gasteiger partial charge in [0.2, 0.25) is 5.91 Å². The first-order chi connectivity index (χ1) is 17.4. The number of carbonyl (C=O) groups is 2. The molecule has 1 unspecified atom stereocenters. The molecule has 0 aromatic heterocycles. The van der Waals surface area contributed by atoms with E-state index in [2.05, 4.69) is 16.7 Å². The minimum absolute atomic E-state index is 0.0916. The maximum absolute atomic E-state index is 14.3. The summed E-state index contributed by atoms with van der Waals surface area (Å²) < 4.78 is 37.7. The molecule has 2 N–H and O–H groups in total. The average molecular weight is 529 g/mol. The maximum atomic E-state index is 14.3. The van der Waals surface area contributed by atoms with Gasteiger partial charge in [0.1, 0.15) is 17.4 Å². The molecule has 1 aliphatic heterocycles. The second-order valence-corrected chi connectivity index (χ2v) is 11.8. The molecule has 0 aliphatic carbocycles. The number of aryl methyl sites for hydroxylation is 1. The Labute approximate surface area is 217 Å². The van der Waals surface area contributed by atoms with Crippen molar-refractivity contribution in [3.63, 3.8) is 0 Å². The Morgan fingerprint density at radius 2 is 1.76 bits per heavy atom. The molecule has 0 spiro atoms. The van der Waals surface area contributed by atoms with Crippen LogP contribution in [0.5, 0.6) is 0 Å². The fourth-order valence-electron chi connectivity index (χ4n) is 4.33. The number of amides is 2. The van der Waals surface area contributed by atoms with Crippen LogP contribution in [-0.4, -0.2) is 56.1 Å². The molecular formula is C27H33FN4O4S. The van der Waals surface area contributed by atoms with Gasteiger partial charge < -0.3 is 15.5 Å². The Balaban J connectivity index is 1.68. The zero-order valence-corrected chi connectivity index (χ0v) is 22.4. The third kappa shape index (κ3) is 6.66. The molecule has 2 amide bonds. The van der Waals surface area contributed by atoms with Gasteiger partial charge in [-0.05, 0) is 54.3 Å². The van der Waals surface area contributed by atoms with Crippen LogP contribution in [0.3, 0.4) is 0 Å². The number of hydrogen-bond donors (Lipinski definition) is 2. The van der Waals surface area contributed by atoms with E-state index < -0.39 is 33.1 Å². The number of sulfone groups is 1. The van der Waals surface area contributed by atoms with E-state index in [1.54, 1.807) is 23.1 Å². The number of nitriles is 1. The van der Waals surface area contributed by atoms with Crippen molar-refractivity contribution in [3.8, 4) is 6.07 Å². The Morgan fingerprint density at radius 3 is 2.27 bits per heavy atom. The summed E-state index contributed by atoms with van der Waals surface area (Å²) in [6.07, 6.45) is 2.46. The van der Waals surface area contributed by atoms with Crippen LogP contribution < -0.4 is 10.6 Å². The molecular weight excluding hydrogens is 495 g/mol. The zero-order valence-electron chi connectivity index (χ0n) is 21.5. The third-order valence-electron chi connectivity index (χ3n) is 6.71. The van der Waals surface area contributed by atoms with Crippen molar-refractivity contribution in [2.75, 3.05) is 24.7 Å².